The first-order chi connectivity index (χ1) is 59.0. The highest BCUT2D eigenvalue weighted by molar-refractivity contribution is 5.81. The molecule has 4 aliphatic rings. The molecule has 0 aromatic heterocycles. The molecule has 0 radical (unpaired) electrons. The lowest BCUT2D eigenvalue weighted by atomic mass is 9.82. The highest BCUT2D eigenvalue weighted by atomic mass is 16.7. The quantitative estimate of drug-likeness (QED) is 0.0174. The topological polar surface area (TPSA) is 566 Å². The number of unbranched alkanes of at least 4 members (excludes halogenated alkanes) is 8. The lowest BCUT2D eigenvalue weighted by molar-refractivity contribution is -0.311. The van der Waals surface area contributed by atoms with Gasteiger partial charge in [0.15, 0.2) is 25.5 Å². The van der Waals surface area contributed by atoms with E-state index in [-0.39, 0.29) is 178 Å². The van der Waals surface area contributed by atoms with Crippen molar-refractivity contribution in [2.24, 2.45) is 28.3 Å². The van der Waals surface area contributed by atoms with E-state index in [1.165, 1.54) is 13.8 Å². The van der Waals surface area contributed by atoms with Crippen LogP contribution in [0.1, 0.15) is 229 Å². The van der Waals surface area contributed by atoms with Crippen LogP contribution in [0.15, 0.2) is 5.16 Å². The van der Waals surface area contributed by atoms with E-state index in [0.717, 1.165) is 6.21 Å². The van der Waals surface area contributed by atoms with Crippen molar-refractivity contribution in [2.75, 3.05) is 119 Å². The van der Waals surface area contributed by atoms with Crippen LogP contribution in [0, 0.1) is 23.2 Å². The molecule has 4 saturated heterocycles. The first-order valence-electron chi connectivity index (χ1n) is 44.2. The summed E-state index contributed by atoms with van der Waals surface area (Å²) in [6, 6.07) is -0.991. The second-order valence-electron chi connectivity index (χ2n) is 34.5. The lowest BCUT2D eigenvalue weighted by Crippen LogP contribution is -2.62. The molecule has 4 heterocycles. The number of aliphatic hydroxyl groups is 10. The molecule has 4 aliphatic heterocycles. The molecule has 0 aromatic carbocycles. The molecule has 0 bridgehead atoms. The number of carbonyl (C=O) groups is 10. The van der Waals surface area contributed by atoms with Gasteiger partial charge in [0, 0.05) is 148 Å². The van der Waals surface area contributed by atoms with Crippen molar-refractivity contribution in [1.82, 2.24) is 26.6 Å². The lowest BCUT2D eigenvalue weighted by Gasteiger charge is -2.46. The Morgan fingerprint density at radius 3 is 1.39 bits per heavy atom. The standard InChI is InChI=1S/C85H148N6O33/c1-56-74(106)76(108)66(46-92)121-79(56)116-38-19-15-28-60(97)24-11-9-13-26-62(99)31-41-113-52-84(53-114-42-32-63(100)27-14-10-12-25-61(98)29-16-20-39-117-80-57(2)75(107)77(109)67(47-93)122-80,54-115-43-33-70(103)87-36-23-35-86-69(102)30-17-21-40-118-81-58(3)78(110)83(8,111)68(48-94)123-81)91-72(105)49-112-37-22-18-34-88-71(104)50-120-89-45-65-73(90-59(4)96)64(101)44-85(124-65,119-55-95)51-82(5,6)7/h45,55-58,64-68,73-81,92-94,101,106-111H,9-44,46-54H2,1-8H3,(H,86,102)(H,87,103)(H,88,104)(H,90,96)(H,91,105)/t56-,57-,58-,64?,65?,66?,67?,68?,73+,74?,75?,76-,77-,78?,79+,80+,81+,83-,84?,85+/m1/s1. The van der Waals surface area contributed by atoms with Crippen LogP contribution in [-0.4, -0.2) is 338 Å². The third-order valence-electron chi connectivity index (χ3n) is 22.1. The maximum Gasteiger partial charge on any atom is 0.295 e. The van der Waals surface area contributed by atoms with Crippen molar-refractivity contribution in [3.05, 3.63) is 0 Å². The van der Waals surface area contributed by atoms with Crippen LogP contribution in [0.5, 0.6) is 0 Å². The number of Topliss-reactive ketones (excluding diaryl/α,β-unsaturated/α-hetero) is 4. The van der Waals surface area contributed by atoms with Gasteiger partial charge in [0.05, 0.1) is 96.1 Å². The van der Waals surface area contributed by atoms with Crippen LogP contribution >= 0.6 is 0 Å². The second kappa shape index (κ2) is 60.1. The molecule has 19 atom stereocenters. The minimum Gasteiger partial charge on any atom is -0.435 e. The number of ketones is 4. The van der Waals surface area contributed by atoms with Crippen LogP contribution in [-0.2, 0) is 110 Å². The fourth-order valence-electron chi connectivity index (χ4n) is 14.8. The van der Waals surface area contributed by atoms with Crippen LogP contribution in [0.2, 0.25) is 0 Å². The Kier molecular flexibility index (Phi) is 53.5. The van der Waals surface area contributed by atoms with Crippen molar-refractivity contribution in [2.45, 2.75) is 332 Å². The van der Waals surface area contributed by atoms with Gasteiger partial charge >= 0.3 is 0 Å². The molecular formula is C85H148N6O33. The van der Waals surface area contributed by atoms with Gasteiger partial charge in [-0.05, 0) is 95.8 Å². The molecule has 0 aliphatic carbocycles. The van der Waals surface area contributed by atoms with E-state index < -0.39 is 177 Å². The maximum absolute atomic E-state index is 14.0. The van der Waals surface area contributed by atoms with Gasteiger partial charge in [-0.15, -0.1) is 0 Å². The fourth-order valence-corrected chi connectivity index (χ4v) is 14.8. The van der Waals surface area contributed by atoms with Crippen molar-refractivity contribution >= 4 is 65.4 Å². The van der Waals surface area contributed by atoms with Gasteiger partial charge in [0.25, 0.3) is 12.4 Å². The summed E-state index contributed by atoms with van der Waals surface area (Å²) in [6.07, 6.45) is -3.02. The van der Waals surface area contributed by atoms with Gasteiger partial charge in [-0.25, -0.2) is 0 Å². The fraction of sp³-hybridized carbons (Fsp3) is 0.871. The molecule has 4 fully saturated rings. The predicted molar refractivity (Wildman–Crippen MR) is 443 cm³/mol. The highest BCUT2D eigenvalue weighted by Crippen LogP contribution is 2.40. The third-order valence-corrected chi connectivity index (χ3v) is 22.1. The zero-order chi connectivity index (χ0) is 91.7. The second-order valence-corrected chi connectivity index (χ2v) is 34.5. The van der Waals surface area contributed by atoms with Gasteiger partial charge < -0.3 is 139 Å². The Morgan fingerprint density at radius 2 is 0.919 bits per heavy atom. The van der Waals surface area contributed by atoms with Crippen molar-refractivity contribution in [3.8, 4) is 0 Å². The number of rotatable bonds is 68. The monoisotopic (exact) mass is 1780 g/mol. The number of hydrogen-bond acceptors (Lipinski definition) is 34. The molecule has 4 rings (SSSR count). The summed E-state index contributed by atoms with van der Waals surface area (Å²) in [6.45, 7) is 11.4. The number of nitrogens with zero attached hydrogens (tertiary/aromatic N) is 1. The Labute approximate surface area is 728 Å². The molecule has 716 valence electrons. The number of ether oxygens (including phenoxy) is 12. The van der Waals surface area contributed by atoms with Gasteiger partial charge in [0.2, 0.25) is 29.4 Å². The molecule has 0 saturated carbocycles. The average molecular weight is 1780 g/mol. The summed E-state index contributed by atoms with van der Waals surface area (Å²) in [5, 5.41) is 120. The number of amides is 5. The van der Waals surface area contributed by atoms with Crippen molar-refractivity contribution in [1.29, 1.82) is 0 Å². The zero-order valence-electron chi connectivity index (χ0n) is 74.1. The summed E-state index contributed by atoms with van der Waals surface area (Å²) in [4.78, 5) is 133. The molecule has 0 aromatic rings. The highest BCUT2D eigenvalue weighted by Gasteiger charge is 2.52. The third kappa shape index (κ3) is 42.6. The van der Waals surface area contributed by atoms with E-state index in [0.29, 0.717) is 122 Å². The van der Waals surface area contributed by atoms with Crippen LogP contribution in [0.3, 0.4) is 0 Å². The summed E-state index contributed by atoms with van der Waals surface area (Å²) in [5.41, 5.74) is -3.58. The Bertz CT molecular complexity index is 3030. The van der Waals surface area contributed by atoms with Gasteiger partial charge in [-0.1, -0.05) is 59.5 Å². The SMILES string of the molecule is CC(=O)N[C@H]1C(O)C[C@](CC(C)(C)C)(OC=O)OC1C=NOCC(=O)NCCCCOCC(=O)NC(COCCC(=O)CCCCCC(=O)CCCCO[C@H]1OC(CO)[C@@H](O)C(O)[C@H]1C)(COCCC(=O)CCCCCC(=O)CCCCO[C@H]1OC(CO)[C@@H](O)C(O)[C@H]1C)COCCC(=O)NCCCNC(=O)CCCCO[C@H]1OC(CO)[C@@](C)(O)C(O)[C@H]1C. The van der Waals surface area contributed by atoms with Gasteiger partial charge in [0.1, 0.15) is 77.5 Å². The van der Waals surface area contributed by atoms with E-state index >= 15 is 0 Å². The minimum absolute atomic E-state index is 0.00467. The Balaban J connectivity index is 1.33. The summed E-state index contributed by atoms with van der Waals surface area (Å²) < 4.78 is 69.9. The summed E-state index contributed by atoms with van der Waals surface area (Å²) >= 11 is 0. The van der Waals surface area contributed by atoms with E-state index in [1.54, 1.807) is 20.8 Å². The molecule has 124 heavy (non-hydrogen) atoms. The van der Waals surface area contributed by atoms with Crippen LogP contribution in [0.25, 0.3) is 0 Å². The summed E-state index contributed by atoms with van der Waals surface area (Å²) in [5.74, 6) is -5.52. The van der Waals surface area contributed by atoms with E-state index in [9.17, 15) is 99.0 Å². The molecular weight excluding hydrogens is 1630 g/mol. The maximum atomic E-state index is 14.0. The van der Waals surface area contributed by atoms with Crippen LogP contribution < -0.4 is 26.6 Å². The number of aliphatic hydroxyl groups excluding tert-OH is 9. The molecule has 39 heteroatoms. The van der Waals surface area contributed by atoms with Gasteiger partial charge in [-0.3, -0.25) is 47.9 Å². The first kappa shape index (κ1) is 110. The van der Waals surface area contributed by atoms with Crippen molar-refractivity contribution < 1.29 is 161 Å². The first-order valence-corrected chi connectivity index (χ1v) is 44.2. The number of carbonyl (C=O) groups excluding carboxylic acids is 10. The zero-order valence-corrected chi connectivity index (χ0v) is 74.1. The Morgan fingerprint density at radius 1 is 0.484 bits per heavy atom. The molecule has 15 N–H and O–H groups in total. The van der Waals surface area contributed by atoms with Crippen LogP contribution in [0.4, 0.5) is 0 Å². The molecule has 5 amide bonds. The van der Waals surface area contributed by atoms with E-state index in [4.69, 9.17) is 61.7 Å². The number of hydrogen-bond donors (Lipinski definition) is 15. The number of nitrogens with one attached hydrogen (secondary N) is 5. The molecule has 0 spiro atoms. The molecule has 39 nitrogen and oxygen atoms in total. The van der Waals surface area contributed by atoms with E-state index in [1.807, 2.05) is 20.8 Å². The Hall–Kier alpha value is -5.87. The summed E-state index contributed by atoms with van der Waals surface area (Å²) in [7, 11) is 0. The normalized spacial score (nSPS) is 27.6. The predicted octanol–water partition coefficient (Wildman–Crippen LogP) is 0.913. The minimum atomic E-state index is -1.66. The molecule has 8 unspecified atom stereocenters. The average Bonchev–Trinajstić information content (AvgIpc) is 0.889. The number of oxime groups is 1. The van der Waals surface area contributed by atoms with Crippen molar-refractivity contribution in [3.63, 3.8) is 0 Å². The van der Waals surface area contributed by atoms with E-state index in [2.05, 4.69) is 31.7 Å². The largest absolute Gasteiger partial charge is 0.435 e. The van der Waals surface area contributed by atoms with Gasteiger partial charge in [-0.2, -0.15) is 0 Å². The smallest absolute Gasteiger partial charge is 0.295 e.